The van der Waals surface area contributed by atoms with E-state index in [-0.39, 0.29) is 16.6 Å². The Hall–Kier alpha value is -2.14. The van der Waals surface area contributed by atoms with Crippen LogP contribution in [0.1, 0.15) is 24.8 Å². The lowest BCUT2D eigenvalue weighted by atomic mass is 9.89. The van der Waals surface area contributed by atoms with Crippen molar-refractivity contribution >= 4 is 35.3 Å². The van der Waals surface area contributed by atoms with Crippen molar-refractivity contribution in [3.05, 3.63) is 29.8 Å². The minimum absolute atomic E-state index is 0. The molecule has 0 spiro atoms. The molecule has 2 heterocycles. The summed E-state index contributed by atoms with van der Waals surface area (Å²) in [5.74, 6) is -2.24. The lowest BCUT2D eigenvalue weighted by Gasteiger charge is -2.35. The van der Waals surface area contributed by atoms with Crippen molar-refractivity contribution in [3.8, 4) is 0 Å². The molecular weight excluding hydrogens is 422 g/mol. The molecule has 172 valence electrons. The third-order valence-electron chi connectivity index (χ3n) is 5.94. The fourth-order valence-electron chi connectivity index (χ4n) is 4.47. The van der Waals surface area contributed by atoms with Crippen LogP contribution in [-0.4, -0.2) is 76.8 Å². The van der Waals surface area contributed by atoms with Gasteiger partial charge in [0.2, 0.25) is 5.91 Å². The SMILES string of the molecule is CS[C@@H](C1CCNCC1)C(NC1CCc2ccccc2N(CC(=O)O)C1=O)C(=O)O.O. The number of carbonyl (C=O) groups excluding carboxylic acids is 1. The van der Waals surface area contributed by atoms with E-state index in [1.807, 2.05) is 18.4 Å². The molecule has 6 N–H and O–H groups in total. The number of para-hydroxylation sites is 1. The monoisotopic (exact) mass is 453 g/mol. The molecule has 2 aliphatic heterocycles. The molecule has 1 aromatic rings. The van der Waals surface area contributed by atoms with Crippen LogP contribution in [0.15, 0.2) is 24.3 Å². The van der Waals surface area contributed by atoms with Gasteiger partial charge in [0.15, 0.2) is 0 Å². The van der Waals surface area contributed by atoms with Gasteiger partial charge in [0.25, 0.3) is 0 Å². The summed E-state index contributed by atoms with van der Waals surface area (Å²) in [6, 6.07) is 5.62. The number of carboxylic acids is 2. The summed E-state index contributed by atoms with van der Waals surface area (Å²) in [7, 11) is 0. The molecule has 0 aliphatic carbocycles. The molecule has 3 atom stereocenters. The first-order valence-corrected chi connectivity index (χ1v) is 11.5. The second-order valence-electron chi connectivity index (χ2n) is 7.81. The van der Waals surface area contributed by atoms with Gasteiger partial charge in [0.05, 0.1) is 6.04 Å². The van der Waals surface area contributed by atoms with E-state index in [9.17, 15) is 24.6 Å². The van der Waals surface area contributed by atoms with E-state index in [1.165, 1.54) is 16.7 Å². The van der Waals surface area contributed by atoms with Crippen LogP contribution in [0.25, 0.3) is 0 Å². The summed E-state index contributed by atoms with van der Waals surface area (Å²) in [4.78, 5) is 38.1. The Morgan fingerprint density at radius 2 is 1.90 bits per heavy atom. The van der Waals surface area contributed by atoms with E-state index < -0.39 is 36.5 Å². The van der Waals surface area contributed by atoms with Gasteiger partial charge in [-0.05, 0) is 62.6 Å². The molecule has 0 bridgehead atoms. The minimum Gasteiger partial charge on any atom is -0.480 e. The third kappa shape index (κ3) is 5.97. The average molecular weight is 454 g/mol. The van der Waals surface area contributed by atoms with Crippen molar-refractivity contribution in [2.45, 2.75) is 43.0 Å². The third-order valence-corrected chi connectivity index (χ3v) is 7.14. The molecule has 2 unspecified atom stereocenters. The maximum absolute atomic E-state index is 13.3. The van der Waals surface area contributed by atoms with Crippen LogP contribution >= 0.6 is 11.8 Å². The average Bonchev–Trinajstić information content (AvgIpc) is 2.86. The number of amides is 1. The number of fused-ring (bicyclic) bond motifs is 1. The zero-order chi connectivity index (χ0) is 21.7. The van der Waals surface area contributed by atoms with Crippen LogP contribution in [0.4, 0.5) is 5.69 Å². The second-order valence-corrected chi connectivity index (χ2v) is 8.82. The molecule has 1 amide bonds. The maximum Gasteiger partial charge on any atom is 0.323 e. The number of rotatable bonds is 8. The van der Waals surface area contributed by atoms with Gasteiger partial charge in [0.1, 0.15) is 12.6 Å². The standard InChI is InChI=1S/C21H29N3O5S.H2O/c1-30-19(14-8-10-22-11-9-14)18(21(28)29)23-15-7-6-13-4-2-3-5-16(13)24(20(15)27)12-17(25)26;/h2-5,14-15,18-19,22-23H,6-12H2,1H3,(H,25,26)(H,28,29);1H2/t15?,18?,19-;/m0./s1. The largest absolute Gasteiger partial charge is 0.480 e. The molecule has 0 radical (unpaired) electrons. The number of aryl methyl sites for hydroxylation is 1. The van der Waals surface area contributed by atoms with Gasteiger partial charge in [0, 0.05) is 10.9 Å². The van der Waals surface area contributed by atoms with Crippen LogP contribution < -0.4 is 15.5 Å². The van der Waals surface area contributed by atoms with Gasteiger partial charge in [-0.3, -0.25) is 24.6 Å². The zero-order valence-electron chi connectivity index (χ0n) is 17.5. The van der Waals surface area contributed by atoms with Crippen LogP contribution in [0.5, 0.6) is 0 Å². The normalized spacial score (nSPS) is 21.4. The number of hydrogen-bond acceptors (Lipinski definition) is 6. The number of carboxylic acid groups (broad SMARTS) is 2. The van der Waals surface area contributed by atoms with Crippen molar-refractivity contribution in [1.29, 1.82) is 0 Å². The summed E-state index contributed by atoms with van der Waals surface area (Å²) >= 11 is 1.52. The first kappa shape index (κ1) is 25.1. The van der Waals surface area contributed by atoms with Gasteiger partial charge >= 0.3 is 11.9 Å². The number of benzene rings is 1. The van der Waals surface area contributed by atoms with Crippen molar-refractivity contribution in [2.75, 3.05) is 30.8 Å². The van der Waals surface area contributed by atoms with Crippen LogP contribution in [0.2, 0.25) is 0 Å². The van der Waals surface area contributed by atoms with Gasteiger partial charge < -0.3 is 21.0 Å². The molecule has 10 heteroatoms. The Balaban J connectivity index is 0.00000341. The molecule has 31 heavy (non-hydrogen) atoms. The van der Waals surface area contributed by atoms with E-state index >= 15 is 0 Å². The summed E-state index contributed by atoms with van der Waals surface area (Å²) in [6.07, 6.45) is 4.69. The maximum atomic E-state index is 13.3. The number of anilines is 1. The summed E-state index contributed by atoms with van der Waals surface area (Å²) in [5.41, 5.74) is 1.48. The number of hydrogen-bond donors (Lipinski definition) is 4. The molecule has 2 aliphatic rings. The number of nitrogens with zero attached hydrogens (tertiary/aromatic N) is 1. The molecule has 1 saturated heterocycles. The Morgan fingerprint density at radius 3 is 2.52 bits per heavy atom. The van der Waals surface area contributed by atoms with Gasteiger partial charge in [-0.1, -0.05) is 18.2 Å². The molecule has 0 saturated carbocycles. The van der Waals surface area contributed by atoms with Crippen molar-refractivity contribution < 1.29 is 30.1 Å². The molecule has 3 rings (SSSR count). The second kappa shape index (κ2) is 11.5. The molecular formula is C21H31N3O6S. The van der Waals surface area contributed by atoms with E-state index in [0.717, 1.165) is 31.5 Å². The highest BCUT2D eigenvalue weighted by molar-refractivity contribution is 7.99. The van der Waals surface area contributed by atoms with E-state index in [0.29, 0.717) is 18.5 Å². The van der Waals surface area contributed by atoms with E-state index in [4.69, 9.17) is 0 Å². The highest BCUT2D eigenvalue weighted by Crippen LogP contribution is 2.30. The van der Waals surface area contributed by atoms with Crippen LogP contribution in [-0.2, 0) is 20.8 Å². The highest BCUT2D eigenvalue weighted by atomic mass is 32.2. The first-order valence-electron chi connectivity index (χ1n) is 10.3. The fraction of sp³-hybridized carbons (Fsp3) is 0.571. The number of aliphatic carboxylic acids is 2. The summed E-state index contributed by atoms with van der Waals surface area (Å²) < 4.78 is 0. The number of thioether (sulfide) groups is 1. The fourth-order valence-corrected chi connectivity index (χ4v) is 5.59. The Labute approximate surface area is 185 Å². The topological polar surface area (TPSA) is 150 Å². The van der Waals surface area contributed by atoms with Crippen molar-refractivity contribution in [1.82, 2.24) is 10.6 Å². The molecule has 0 aromatic heterocycles. The number of nitrogens with one attached hydrogen (secondary N) is 2. The molecule has 1 fully saturated rings. The van der Waals surface area contributed by atoms with Crippen LogP contribution in [0.3, 0.4) is 0 Å². The zero-order valence-corrected chi connectivity index (χ0v) is 18.4. The van der Waals surface area contributed by atoms with Crippen molar-refractivity contribution in [2.24, 2.45) is 5.92 Å². The van der Waals surface area contributed by atoms with Crippen molar-refractivity contribution in [3.63, 3.8) is 0 Å². The Bertz CT molecular complexity index is 786. The lowest BCUT2D eigenvalue weighted by Crippen LogP contribution is -2.57. The first-order chi connectivity index (χ1) is 14.4. The number of piperidine rings is 1. The Kier molecular flexibility index (Phi) is 9.30. The van der Waals surface area contributed by atoms with E-state index in [2.05, 4.69) is 10.6 Å². The quantitative estimate of drug-likeness (QED) is 0.441. The smallest absolute Gasteiger partial charge is 0.323 e. The van der Waals surface area contributed by atoms with Gasteiger partial charge in [-0.2, -0.15) is 11.8 Å². The minimum atomic E-state index is -1.11. The lowest BCUT2D eigenvalue weighted by molar-refractivity contribution is -0.141. The predicted octanol–water partition coefficient (Wildman–Crippen LogP) is 0.368. The Morgan fingerprint density at radius 1 is 1.23 bits per heavy atom. The molecule has 9 nitrogen and oxygen atoms in total. The number of carbonyl (C=O) groups is 3. The summed E-state index contributed by atoms with van der Waals surface area (Å²) in [5, 5.41) is 25.5. The van der Waals surface area contributed by atoms with E-state index in [1.54, 1.807) is 12.1 Å². The van der Waals surface area contributed by atoms with Crippen LogP contribution in [0, 0.1) is 5.92 Å². The predicted molar refractivity (Wildman–Crippen MR) is 120 cm³/mol. The highest BCUT2D eigenvalue weighted by Gasteiger charge is 2.39. The van der Waals surface area contributed by atoms with Gasteiger partial charge in [-0.25, -0.2) is 0 Å². The van der Waals surface area contributed by atoms with Gasteiger partial charge in [-0.15, -0.1) is 0 Å². The summed E-state index contributed by atoms with van der Waals surface area (Å²) in [6.45, 7) is 1.27. The molecule has 1 aromatic carbocycles.